The summed E-state index contributed by atoms with van der Waals surface area (Å²) in [6.07, 6.45) is 0.727. The highest BCUT2D eigenvalue weighted by Gasteiger charge is 2.09. The summed E-state index contributed by atoms with van der Waals surface area (Å²) >= 11 is 5.75. The third kappa shape index (κ3) is 2.27. The molecule has 3 heteroatoms. The van der Waals surface area contributed by atoms with Gasteiger partial charge in [-0.3, -0.25) is 0 Å². The van der Waals surface area contributed by atoms with Crippen LogP contribution in [0.5, 0.6) is 0 Å². The summed E-state index contributed by atoms with van der Waals surface area (Å²) in [6.45, 7) is 4.01. The van der Waals surface area contributed by atoms with E-state index in [1.165, 1.54) is 11.1 Å². The molecule has 1 heterocycles. The standard InChI is InChI=1S/C13H14ClNO/c1-9-5-3-4-6-11(9)7-13-15-10(2)12(8-14)16-13/h3-6H,7-8H2,1-2H3. The minimum Gasteiger partial charge on any atom is -0.444 e. The summed E-state index contributed by atoms with van der Waals surface area (Å²) in [4.78, 5) is 4.37. The van der Waals surface area contributed by atoms with Gasteiger partial charge >= 0.3 is 0 Å². The Morgan fingerprint density at radius 1 is 1.25 bits per heavy atom. The van der Waals surface area contributed by atoms with Crippen molar-refractivity contribution in [1.29, 1.82) is 0 Å². The number of nitrogens with zero attached hydrogens (tertiary/aromatic N) is 1. The molecule has 0 saturated carbocycles. The Hall–Kier alpha value is -1.28. The molecule has 0 radical (unpaired) electrons. The van der Waals surface area contributed by atoms with E-state index in [9.17, 15) is 0 Å². The van der Waals surface area contributed by atoms with E-state index in [-0.39, 0.29) is 0 Å². The number of halogens is 1. The van der Waals surface area contributed by atoms with Gasteiger partial charge in [-0.1, -0.05) is 24.3 Å². The average Bonchev–Trinajstić information content (AvgIpc) is 2.62. The first-order chi connectivity index (χ1) is 7.70. The predicted octanol–water partition coefficient (Wildman–Crippen LogP) is 3.62. The molecule has 0 aliphatic rings. The van der Waals surface area contributed by atoms with Crippen molar-refractivity contribution >= 4 is 11.6 Å². The van der Waals surface area contributed by atoms with Crippen LogP contribution in [0.25, 0.3) is 0 Å². The lowest BCUT2D eigenvalue weighted by molar-refractivity contribution is 0.477. The monoisotopic (exact) mass is 235 g/mol. The summed E-state index contributed by atoms with van der Waals surface area (Å²) < 4.78 is 5.58. The predicted molar refractivity (Wildman–Crippen MR) is 64.8 cm³/mol. The highest BCUT2D eigenvalue weighted by molar-refractivity contribution is 6.16. The molecule has 2 aromatic rings. The average molecular weight is 236 g/mol. The minimum atomic E-state index is 0.382. The van der Waals surface area contributed by atoms with E-state index in [1.807, 2.05) is 19.1 Å². The summed E-state index contributed by atoms with van der Waals surface area (Å²) in [6, 6.07) is 8.24. The third-order valence-electron chi connectivity index (χ3n) is 2.66. The van der Waals surface area contributed by atoms with Crippen molar-refractivity contribution in [3.63, 3.8) is 0 Å². The zero-order valence-electron chi connectivity index (χ0n) is 9.46. The second-order valence-corrected chi connectivity index (χ2v) is 4.12. The Morgan fingerprint density at radius 2 is 2.00 bits per heavy atom. The van der Waals surface area contributed by atoms with Gasteiger partial charge in [0.25, 0.3) is 0 Å². The molecule has 84 valence electrons. The Labute approximate surface area is 100 Å². The second kappa shape index (κ2) is 4.71. The van der Waals surface area contributed by atoms with Gasteiger partial charge in [-0.2, -0.15) is 0 Å². The highest BCUT2D eigenvalue weighted by atomic mass is 35.5. The van der Waals surface area contributed by atoms with Gasteiger partial charge < -0.3 is 4.42 Å². The van der Waals surface area contributed by atoms with Crippen LogP contribution in [0.2, 0.25) is 0 Å². The van der Waals surface area contributed by atoms with E-state index in [0.717, 1.165) is 23.8 Å². The van der Waals surface area contributed by atoms with Crippen molar-refractivity contribution in [3.8, 4) is 0 Å². The van der Waals surface area contributed by atoms with Gasteiger partial charge in [-0.05, 0) is 25.0 Å². The lowest BCUT2D eigenvalue weighted by Crippen LogP contribution is -1.91. The maximum Gasteiger partial charge on any atom is 0.199 e. The molecule has 0 atom stereocenters. The van der Waals surface area contributed by atoms with E-state index in [4.69, 9.17) is 16.0 Å². The van der Waals surface area contributed by atoms with Crippen LogP contribution in [-0.2, 0) is 12.3 Å². The number of benzene rings is 1. The molecule has 0 aliphatic heterocycles. The zero-order chi connectivity index (χ0) is 11.5. The molecule has 0 unspecified atom stereocenters. The third-order valence-corrected chi connectivity index (χ3v) is 2.90. The molecular weight excluding hydrogens is 222 g/mol. The quantitative estimate of drug-likeness (QED) is 0.760. The summed E-state index contributed by atoms with van der Waals surface area (Å²) in [5.74, 6) is 1.89. The van der Waals surface area contributed by atoms with Crippen molar-refractivity contribution in [2.45, 2.75) is 26.1 Å². The number of oxazole rings is 1. The van der Waals surface area contributed by atoms with Gasteiger partial charge in [0.05, 0.1) is 11.6 Å². The van der Waals surface area contributed by atoms with E-state index >= 15 is 0 Å². The fourth-order valence-electron chi connectivity index (χ4n) is 1.66. The molecule has 16 heavy (non-hydrogen) atoms. The minimum absolute atomic E-state index is 0.382. The first kappa shape index (κ1) is 11.2. The number of hydrogen-bond acceptors (Lipinski definition) is 2. The molecule has 0 N–H and O–H groups in total. The molecular formula is C13H14ClNO. The maximum absolute atomic E-state index is 5.75. The molecule has 1 aromatic carbocycles. The summed E-state index contributed by atoms with van der Waals surface area (Å²) in [5.41, 5.74) is 3.38. The van der Waals surface area contributed by atoms with Crippen LogP contribution >= 0.6 is 11.6 Å². The summed E-state index contributed by atoms with van der Waals surface area (Å²) in [7, 11) is 0. The van der Waals surface area contributed by atoms with Crippen molar-refractivity contribution in [1.82, 2.24) is 4.98 Å². The molecule has 0 aliphatic carbocycles. The van der Waals surface area contributed by atoms with Crippen LogP contribution < -0.4 is 0 Å². The molecule has 0 spiro atoms. The van der Waals surface area contributed by atoms with Crippen molar-refractivity contribution in [2.75, 3.05) is 0 Å². The Bertz CT molecular complexity index is 490. The van der Waals surface area contributed by atoms with E-state index < -0.39 is 0 Å². The van der Waals surface area contributed by atoms with Crippen LogP contribution in [0.1, 0.15) is 28.5 Å². The maximum atomic E-state index is 5.75. The molecule has 2 rings (SSSR count). The van der Waals surface area contributed by atoms with Crippen LogP contribution in [0.3, 0.4) is 0 Å². The van der Waals surface area contributed by atoms with Gasteiger partial charge in [0.1, 0.15) is 5.76 Å². The SMILES string of the molecule is Cc1ccccc1Cc1nc(C)c(CCl)o1. The molecule has 0 saturated heterocycles. The first-order valence-corrected chi connectivity index (χ1v) is 5.80. The first-order valence-electron chi connectivity index (χ1n) is 5.26. The Kier molecular flexibility index (Phi) is 3.30. The van der Waals surface area contributed by atoms with Gasteiger partial charge in [0.15, 0.2) is 5.89 Å². The van der Waals surface area contributed by atoms with E-state index in [2.05, 4.69) is 24.0 Å². The number of hydrogen-bond donors (Lipinski definition) is 0. The van der Waals surface area contributed by atoms with Crippen molar-refractivity contribution in [2.24, 2.45) is 0 Å². The van der Waals surface area contributed by atoms with Gasteiger partial charge in [0, 0.05) is 6.42 Å². The molecule has 0 fully saturated rings. The summed E-state index contributed by atoms with van der Waals surface area (Å²) in [5, 5.41) is 0. The van der Waals surface area contributed by atoms with Crippen LogP contribution in [-0.4, -0.2) is 4.98 Å². The van der Waals surface area contributed by atoms with E-state index in [1.54, 1.807) is 0 Å². The molecule has 1 aromatic heterocycles. The van der Waals surface area contributed by atoms with Gasteiger partial charge in [-0.25, -0.2) is 4.98 Å². The van der Waals surface area contributed by atoms with Crippen molar-refractivity contribution in [3.05, 3.63) is 52.7 Å². The molecule has 0 amide bonds. The van der Waals surface area contributed by atoms with Gasteiger partial charge in [-0.15, -0.1) is 11.6 Å². The van der Waals surface area contributed by atoms with Crippen LogP contribution in [0.15, 0.2) is 28.7 Å². The molecule has 2 nitrogen and oxygen atoms in total. The zero-order valence-corrected chi connectivity index (χ0v) is 10.2. The fourth-order valence-corrected chi connectivity index (χ4v) is 1.91. The highest BCUT2D eigenvalue weighted by Crippen LogP contribution is 2.17. The largest absolute Gasteiger partial charge is 0.444 e. The van der Waals surface area contributed by atoms with Crippen molar-refractivity contribution < 1.29 is 4.42 Å². The number of aromatic nitrogens is 1. The van der Waals surface area contributed by atoms with Crippen LogP contribution in [0, 0.1) is 13.8 Å². The smallest absolute Gasteiger partial charge is 0.199 e. The second-order valence-electron chi connectivity index (χ2n) is 3.85. The Morgan fingerprint density at radius 3 is 2.62 bits per heavy atom. The normalized spacial score (nSPS) is 10.7. The lowest BCUT2D eigenvalue weighted by atomic mass is 10.1. The van der Waals surface area contributed by atoms with Gasteiger partial charge in [0.2, 0.25) is 0 Å². The number of rotatable bonds is 3. The number of alkyl halides is 1. The Balaban J connectivity index is 2.24. The fraction of sp³-hybridized carbons (Fsp3) is 0.308. The molecule has 0 bridgehead atoms. The van der Waals surface area contributed by atoms with Crippen LogP contribution in [0.4, 0.5) is 0 Å². The lowest BCUT2D eigenvalue weighted by Gasteiger charge is -2.01. The number of aryl methyl sites for hydroxylation is 2. The van der Waals surface area contributed by atoms with E-state index in [0.29, 0.717) is 5.88 Å². The topological polar surface area (TPSA) is 26.0 Å².